The Morgan fingerprint density at radius 3 is 2.21 bits per heavy atom. The van der Waals surface area contributed by atoms with E-state index in [-0.39, 0.29) is 18.1 Å². The Kier molecular flexibility index (Phi) is 8.16. The van der Waals surface area contributed by atoms with Gasteiger partial charge in [-0.15, -0.1) is 0 Å². The first-order chi connectivity index (χ1) is 18.1. The molecule has 38 heavy (non-hydrogen) atoms. The summed E-state index contributed by atoms with van der Waals surface area (Å²) < 4.78 is 10.6. The summed E-state index contributed by atoms with van der Waals surface area (Å²) in [7, 11) is 1.57. The van der Waals surface area contributed by atoms with E-state index in [1.165, 1.54) is 0 Å². The third kappa shape index (κ3) is 6.58. The molecule has 4 rings (SSSR count). The van der Waals surface area contributed by atoms with Gasteiger partial charge in [-0.25, -0.2) is 0 Å². The smallest absolute Gasteiger partial charge is 0.246 e. The monoisotopic (exact) mass is 521 g/mol. The van der Waals surface area contributed by atoms with Crippen LogP contribution >= 0.6 is 0 Å². The van der Waals surface area contributed by atoms with Gasteiger partial charge in [0.05, 0.1) is 19.8 Å². The third-order valence-electron chi connectivity index (χ3n) is 7.23. The van der Waals surface area contributed by atoms with Gasteiger partial charge < -0.3 is 25.4 Å². The zero-order chi connectivity index (χ0) is 27.3. The molecule has 0 unspecified atom stereocenters. The maximum Gasteiger partial charge on any atom is 0.246 e. The molecule has 2 aliphatic heterocycles. The lowest BCUT2D eigenvalue weighted by molar-refractivity contribution is -0.138. The van der Waals surface area contributed by atoms with E-state index < -0.39 is 35.0 Å². The average molecular weight is 522 g/mol. The van der Waals surface area contributed by atoms with Gasteiger partial charge in [-0.3, -0.25) is 19.2 Å². The Morgan fingerprint density at radius 1 is 0.974 bits per heavy atom. The minimum Gasteiger partial charge on any atom is -0.497 e. The van der Waals surface area contributed by atoms with Crippen LogP contribution in [0.3, 0.4) is 0 Å². The number of nitrogens with one attached hydrogen (secondary N) is 3. The van der Waals surface area contributed by atoms with E-state index in [9.17, 15) is 19.2 Å². The Bertz CT molecular complexity index is 1180. The van der Waals surface area contributed by atoms with Gasteiger partial charge >= 0.3 is 0 Å². The first-order valence-electron chi connectivity index (χ1n) is 12.9. The molecular formula is C29H35N3O6. The highest BCUT2D eigenvalue weighted by Crippen LogP contribution is 2.29. The molecule has 9 heteroatoms. The average Bonchev–Trinajstić information content (AvgIpc) is 3.66. The maximum absolute atomic E-state index is 13.7. The highest BCUT2D eigenvalue weighted by molar-refractivity contribution is 5.99. The molecule has 2 heterocycles. The summed E-state index contributed by atoms with van der Waals surface area (Å²) >= 11 is 0. The number of benzene rings is 2. The molecule has 2 fully saturated rings. The number of amides is 3. The molecule has 2 aliphatic rings. The number of epoxide rings is 1. The van der Waals surface area contributed by atoms with E-state index in [1.54, 1.807) is 33.1 Å². The summed E-state index contributed by atoms with van der Waals surface area (Å²) in [5.74, 6) is -0.671. The topological polar surface area (TPSA) is 126 Å². The number of carbonyl (C=O) groups excluding carboxylic acids is 4. The predicted octanol–water partition coefficient (Wildman–Crippen LogP) is 1.87. The van der Waals surface area contributed by atoms with Crippen molar-refractivity contribution >= 4 is 23.5 Å². The molecule has 202 valence electrons. The van der Waals surface area contributed by atoms with Gasteiger partial charge in [-0.2, -0.15) is 0 Å². The SMILES string of the molecule is COc1ccc(C[C@H](NC(=O)[C@@]2(C)CCCC(=O)N2)C(=O)N[C@@H](Cc2ccccc2)C(=O)[C@@]2(C)CO2)cc1. The van der Waals surface area contributed by atoms with E-state index in [4.69, 9.17) is 9.47 Å². The summed E-state index contributed by atoms with van der Waals surface area (Å²) in [6.07, 6.45) is 1.89. The van der Waals surface area contributed by atoms with Crippen molar-refractivity contribution < 1.29 is 28.7 Å². The van der Waals surface area contributed by atoms with Crippen LogP contribution in [0.15, 0.2) is 54.6 Å². The summed E-state index contributed by atoms with van der Waals surface area (Å²) in [6, 6.07) is 14.8. The molecule has 0 radical (unpaired) electrons. The first kappa shape index (κ1) is 27.3. The molecule has 2 aromatic carbocycles. The lowest BCUT2D eigenvalue weighted by Gasteiger charge is -2.34. The largest absolute Gasteiger partial charge is 0.497 e. The zero-order valence-corrected chi connectivity index (χ0v) is 22.0. The van der Waals surface area contributed by atoms with Crippen molar-refractivity contribution in [2.24, 2.45) is 0 Å². The molecule has 2 aromatic rings. The summed E-state index contributed by atoms with van der Waals surface area (Å²) in [4.78, 5) is 52.3. The van der Waals surface area contributed by atoms with Gasteiger partial charge in [0.1, 0.15) is 22.9 Å². The van der Waals surface area contributed by atoms with E-state index >= 15 is 0 Å². The molecule has 3 amide bonds. The number of rotatable bonds is 11. The van der Waals surface area contributed by atoms with Crippen molar-refractivity contribution in [1.82, 2.24) is 16.0 Å². The molecule has 0 bridgehead atoms. The van der Waals surface area contributed by atoms with E-state index in [0.717, 1.165) is 11.1 Å². The van der Waals surface area contributed by atoms with Crippen LogP contribution < -0.4 is 20.7 Å². The minimum atomic E-state index is -1.12. The standard InChI is InChI=1S/C29H35N3O6/c1-28(15-7-10-24(33)32-28)27(36)31-23(17-20-11-13-21(37-3)14-12-20)26(35)30-22(25(34)29(2)18-38-29)16-19-8-5-4-6-9-19/h4-6,8-9,11-14,22-23H,7,10,15-18H2,1-3H3,(H,30,35)(H,31,36)(H,32,33)/t22-,23-,28+,29+/m0/s1. The Labute approximate surface area is 222 Å². The molecule has 0 saturated carbocycles. The minimum absolute atomic E-state index is 0.186. The number of Topliss-reactive ketones (excluding diaryl/α,β-unsaturated/α-hetero) is 1. The van der Waals surface area contributed by atoms with Gasteiger partial charge in [0.25, 0.3) is 0 Å². The Morgan fingerprint density at radius 2 is 1.61 bits per heavy atom. The molecule has 0 spiro atoms. The Hall–Kier alpha value is -3.72. The van der Waals surface area contributed by atoms with Gasteiger partial charge in [0.15, 0.2) is 5.78 Å². The molecule has 4 atom stereocenters. The van der Waals surface area contributed by atoms with Crippen LogP contribution in [0.25, 0.3) is 0 Å². The lowest BCUT2D eigenvalue weighted by Crippen LogP contribution is -2.63. The zero-order valence-electron chi connectivity index (χ0n) is 22.0. The number of piperidine rings is 1. The van der Waals surface area contributed by atoms with Crippen LogP contribution in [-0.2, 0) is 36.8 Å². The molecule has 3 N–H and O–H groups in total. The van der Waals surface area contributed by atoms with Crippen LogP contribution in [0.4, 0.5) is 0 Å². The second kappa shape index (κ2) is 11.3. The van der Waals surface area contributed by atoms with Crippen molar-refractivity contribution in [3.63, 3.8) is 0 Å². The van der Waals surface area contributed by atoms with E-state index in [1.807, 2.05) is 42.5 Å². The van der Waals surface area contributed by atoms with Crippen molar-refractivity contribution in [2.75, 3.05) is 13.7 Å². The number of ketones is 1. The van der Waals surface area contributed by atoms with Crippen molar-refractivity contribution in [3.8, 4) is 5.75 Å². The third-order valence-corrected chi connectivity index (χ3v) is 7.23. The van der Waals surface area contributed by atoms with Gasteiger partial charge in [0, 0.05) is 12.8 Å². The van der Waals surface area contributed by atoms with Crippen LogP contribution in [0.1, 0.15) is 44.2 Å². The predicted molar refractivity (Wildman–Crippen MR) is 140 cm³/mol. The summed E-state index contributed by atoms with van der Waals surface area (Å²) in [5, 5.41) is 8.50. The lowest BCUT2D eigenvalue weighted by atomic mass is 9.89. The fourth-order valence-electron chi connectivity index (χ4n) is 4.68. The summed E-state index contributed by atoms with van der Waals surface area (Å²) in [6.45, 7) is 3.68. The number of ether oxygens (including phenoxy) is 2. The van der Waals surface area contributed by atoms with Crippen LogP contribution in [0.2, 0.25) is 0 Å². The van der Waals surface area contributed by atoms with Crippen molar-refractivity contribution in [2.45, 2.75) is 69.2 Å². The number of methoxy groups -OCH3 is 1. The van der Waals surface area contributed by atoms with Crippen LogP contribution in [0, 0.1) is 0 Å². The van der Waals surface area contributed by atoms with E-state index in [2.05, 4.69) is 16.0 Å². The van der Waals surface area contributed by atoms with Crippen molar-refractivity contribution in [1.29, 1.82) is 0 Å². The fourth-order valence-corrected chi connectivity index (χ4v) is 4.68. The number of hydrogen-bond donors (Lipinski definition) is 3. The molecule has 0 aromatic heterocycles. The first-order valence-corrected chi connectivity index (χ1v) is 12.9. The van der Waals surface area contributed by atoms with Crippen LogP contribution in [0.5, 0.6) is 5.75 Å². The van der Waals surface area contributed by atoms with Crippen molar-refractivity contribution in [3.05, 3.63) is 65.7 Å². The molecule has 9 nitrogen and oxygen atoms in total. The second-order valence-corrected chi connectivity index (χ2v) is 10.4. The maximum atomic E-state index is 13.7. The van der Waals surface area contributed by atoms with Gasteiger partial charge in [-0.05, 0) is 56.4 Å². The highest BCUT2D eigenvalue weighted by Gasteiger charge is 2.50. The summed E-state index contributed by atoms with van der Waals surface area (Å²) in [5.41, 5.74) is -0.361. The second-order valence-electron chi connectivity index (χ2n) is 10.4. The molecule has 0 aliphatic carbocycles. The fraction of sp³-hybridized carbons (Fsp3) is 0.448. The van der Waals surface area contributed by atoms with Gasteiger partial charge in [0.2, 0.25) is 17.7 Å². The van der Waals surface area contributed by atoms with Gasteiger partial charge in [-0.1, -0.05) is 42.5 Å². The highest BCUT2D eigenvalue weighted by atomic mass is 16.6. The number of carbonyl (C=O) groups is 4. The Balaban J connectivity index is 1.56. The molecular weight excluding hydrogens is 486 g/mol. The normalized spacial score (nSPS) is 23.9. The number of hydrogen-bond acceptors (Lipinski definition) is 6. The van der Waals surface area contributed by atoms with Crippen LogP contribution in [-0.4, -0.2) is 60.4 Å². The van der Waals surface area contributed by atoms with E-state index in [0.29, 0.717) is 38.0 Å². The molecule has 2 saturated heterocycles. The quantitative estimate of drug-likeness (QED) is 0.388.